The Morgan fingerprint density at radius 3 is 2.74 bits per heavy atom. The number of likely N-dealkylation sites (tertiary alicyclic amines) is 1. The van der Waals surface area contributed by atoms with Crippen LogP contribution in [-0.2, 0) is 0 Å². The normalized spacial score (nSPS) is 19.1. The highest BCUT2D eigenvalue weighted by atomic mass is 19.3. The van der Waals surface area contributed by atoms with E-state index < -0.39 is 5.92 Å². The Bertz CT molecular complexity index is 417. The molecule has 1 saturated heterocycles. The van der Waals surface area contributed by atoms with Gasteiger partial charge in [0.25, 0.3) is 11.8 Å². The molecular formula is C12H16F2N4O. The highest BCUT2D eigenvalue weighted by Crippen LogP contribution is 2.27. The number of carbonyl (C=O) groups excluding carboxylic acids is 1. The van der Waals surface area contributed by atoms with Gasteiger partial charge in [0.2, 0.25) is 0 Å². The first-order chi connectivity index (χ1) is 9.07. The van der Waals surface area contributed by atoms with E-state index in [0.717, 1.165) is 0 Å². The predicted octanol–water partition coefficient (Wildman–Crippen LogP) is 0.938. The van der Waals surface area contributed by atoms with Crippen LogP contribution in [0.15, 0.2) is 18.6 Å². The van der Waals surface area contributed by atoms with Crippen molar-refractivity contribution in [3.8, 4) is 0 Å². The fourth-order valence-corrected chi connectivity index (χ4v) is 1.94. The summed E-state index contributed by atoms with van der Waals surface area (Å²) in [7, 11) is 0. The van der Waals surface area contributed by atoms with Crippen LogP contribution in [0.5, 0.6) is 0 Å². The van der Waals surface area contributed by atoms with E-state index in [4.69, 9.17) is 0 Å². The Balaban J connectivity index is 1.69. The molecule has 0 aliphatic carbocycles. The molecule has 1 aromatic rings. The molecule has 2 heterocycles. The second kappa shape index (κ2) is 6.01. The number of hydrogen-bond donors (Lipinski definition) is 1. The SMILES string of the molecule is O=C(NCCN1CCC(F)(F)CC1)c1cnccn1. The molecule has 1 aromatic heterocycles. The lowest BCUT2D eigenvalue weighted by Crippen LogP contribution is -2.43. The number of alkyl halides is 2. The zero-order valence-corrected chi connectivity index (χ0v) is 10.5. The summed E-state index contributed by atoms with van der Waals surface area (Å²) in [5.74, 6) is -2.82. The van der Waals surface area contributed by atoms with E-state index in [-0.39, 0.29) is 24.4 Å². The van der Waals surface area contributed by atoms with Gasteiger partial charge in [0.1, 0.15) is 5.69 Å². The zero-order chi connectivity index (χ0) is 13.7. The summed E-state index contributed by atoms with van der Waals surface area (Å²) in [6.45, 7) is 1.73. The van der Waals surface area contributed by atoms with Crippen LogP contribution in [0.3, 0.4) is 0 Å². The third-order valence-electron chi connectivity index (χ3n) is 3.10. The van der Waals surface area contributed by atoms with Gasteiger partial charge >= 0.3 is 0 Å². The number of rotatable bonds is 4. The molecule has 7 heteroatoms. The van der Waals surface area contributed by atoms with Gasteiger partial charge in [0.05, 0.1) is 6.20 Å². The number of nitrogens with one attached hydrogen (secondary N) is 1. The first-order valence-electron chi connectivity index (χ1n) is 6.21. The van der Waals surface area contributed by atoms with E-state index in [1.165, 1.54) is 18.6 Å². The number of carbonyl (C=O) groups is 1. The molecule has 0 spiro atoms. The first kappa shape index (κ1) is 13.8. The Morgan fingerprint density at radius 2 is 2.11 bits per heavy atom. The summed E-state index contributed by atoms with van der Waals surface area (Å²) < 4.78 is 25.9. The van der Waals surface area contributed by atoms with Crippen LogP contribution in [0.4, 0.5) is 8.78 Å². The third kappa shape index (κ3) is 4.20. The Kier molecular flexibility index (Phi) is 4.36. The Labute approximate surface area is 110 Å². The molecule has 2 rings (SSSR count). The maximum Gasteiger partial charge on any atom is 0.271 e. The molecule has 1 fully saturated rings. The highest BCUT2D eigenvalue weighted by Gasteiger charge is 2.33. The van der Waals surface area contributed by atoms with Gasteiger partial charge in [-0.15, -0.1) is 0 Å². The second-order valence-corrected chi connectivity index (χ2v) is 4.54. The molecule has 1 aliphatic rings. The monoisotopic (exact) mass is 270 g/mol. The van der Waals surface area contributed by atoms with Crippen LogP contribution < -0.4 is 5.32 Å². The summed E-state index contributed by atoms with van der Waals surface area (Å²) in [6, 6.07) is 0. The number of nitrogens with zero attached hydrogens (tertiary/aromatic N) is 3. The van der Waals surface area contributed by atoms with E-state index in [1.54, 1.807) is 0 Å². The van der Waals surface area contributed by atoms with Crippen LogP contribution in [0, 0.1) is 0 Å². The van der Waals surface area contributed by atoms with Gasteiger partial charge in [-0.2, -0.15) is 0 Å². The van der Waals surface area contributed by atoms with Crippen LogP contribution in [0.25, 0.3) is 0 Å². The minimum atomic E-state index is -2.53. The maximum absolute atomic E-state index is 12.9. The van der Waals surface area contributed by atoms with Crippen molar-refractivity contribution in [3.63, 3.8) is 0 Å². The van der Waals surface area contributed by atoms with E-state index in [2.05, 4.69) is 15.3 Å². The zero-order valence-electron chi connectivity index (χ0n) is 10.5. The van der Waals surface area contributed by atoms with Crippen molar-refractivity contribution in [1.82, 2.24) is 20.2 Å². The molecule has 0 bridgehead atoms. The molecular weight excluding hydrogens is 254 g/mol. The van der Waals surface area contributed by atoms with Crippen molar-refractivity contribution in [3.05, 3.63) is 24.3 Å². The molecule has 0 saturated carbocycles. The van der Waals surface area contributed by atoms with E-state index in [0.29, 0.717) is 26.2 Å². The van der Waals surface area contributed by atoms with Crippen LogP contribution >= 0.6 is 0 Å². The average Bonchev–Trinajstić information content (AvgIpc) is 2.41. The van der Waals surface area contributed by atoms with Crippen LogP contribution in [0.2, 0.25) is 0 Å². The van der Waals surface area contributed by atoms with E-state index in [1.807, 2.05) is 4.90 Å². The highest BCUT2D eigenvalue weighted by molar-refractivity contribution is 5.91. The summed E-state index contributed by atoms with van der Waals surface area (Å²) in [5, 5.41) is 2.70. The van der Waals surface area contributed by atoms with Gasteiger partial charge in [-0.3, -0.25) is 9.78 Å². The van der Waals surface area contributed by atoms with E-state index >= 15 is 0 Å². The maximum atomic E-state index is 12.9. The molecule has 19 heavy (non-hydrogen) atoms. The van der Waals surface area contributed by atoms with Crippen molar-refractivity contribution in [2.24, 2.45) is 0 Å². The standard InChI is InChI=1S/C12H16F2N4O/c13-12(14)1-6-18(7-2-12)8-5-17-11(19)10-9-15-3-4-16-10/h3-4,9H,1-2,5-8H2,(H,17,19). The van der Waals surface area contributed by atoms with Gasteiger partial charge in [0.15, 0.2) is 0 Å². The number of halogens is 2. The lowest BCUT2D eigenvalue weighted by molar-refractivity contribution is -0.0547. The second-order valence-electron chi connectivity index (χ2n) is 4.54. The molecule has 1 amide bonds. The van der Waals surface area contributed by atoms with E-state index in [9.17, 15) is 13.6 Å². The van der Waals surface area contributed by atoms with Crippen molar-refractivity contribution in [1.29, 1.82) is 0 Å². The quantitative estimate of drug-likeness (QED) is 0.884. The van der Waals surface area contributed by atoms with Gasteiger partial charge < -0.3 is 10.2 Å². The van der Waals surface area contributed by atoms with Crippen molar-refractivity contribution < 1.29 is 13.6 Å². The van der Waals surface area contributed by atoms with Crippen molar-refractivity contribution >= 4 is 5.91 Å². The van der Waals surface area contributed by atoms with Crippen LogP contribution in [0.1, 0.15) is 23.3 Å². The lowest BCUT2D eigenvalue weighted by atomic mass is 10.1. The Hall–Kier alpha value is -1.63. The minimum Gasteiger partial charge on any atom is -0.349 e. The molecule has 104 valence electrons. The van der Waals surface area contributed by atoms with Crippen molar-refractivity contribution in [2.45, 2.75) is 18.8 Å². The minimum absolute atomic E-state index is 0.106. The fraction of sp³-hybridized carbons (Fsp3) is 0.583. The Morgan fingerprint density at radius 1 is 1.37 bits per heavy atom. The van der Waals surface area contributed by atoms with Gasteiger partial charge in [-0.1, -0.05) is 0 Å². The fourth-order valence-electron chi connectivity index (χ4n) is 1.94. The lowest BCUT2D eigenvalue weighted by Gasteiger charge is -2.31. The number of piperidine rings is 1. The van der Waals surface area contributed by atoms with Crippen molar-refractivity contribution in [2.75, 3.05) is 26.2 Å². The summed E-state index contributed by atoms with van der Waals surface area (Å²) in [4.78, 5) is 21.2. The first-order valence-corrected chi connectivity index (χ1v) is 6.21. The molecule has 1 aliphatic heterocycles. The number of aromatic nitrogens is 2. The molecule has 0 unspecified atom stereocenters. The summed E-state index contributed by atoms with van der Waals surface area (Å²) in [5.41, 5.74) is 0.257. The van der Waals surface area contributed by atoms with Gasteiger partial charge in [-0.05, 0) is 0 Å². The average molecular weight is 270 g/mol. The summed E-state index contributed by atoms with van der Waals surface area (Å²) >= 11 is 0. The smallest absolute Gasteiger partial charge is 0.271 e. The molecule has 5 nitrogen and oxygen atoms in total. The van der Waals surface area contributed by atoms with Crippen LogP contribution in [-0.4, -0.2) is 52.9 Å². The third-order valence-corrected chi connectivity index (χ3v) is 3.10. The number of amides is 1. The molecule has 1 N–H and O–H groups in total. The predicted molar refractivity (Wildman–Crippen MR) is 65.0 cm³/mol. The summed E-state index contributed by atoms with van der Waals surface area (Å²) in [6.07, 6.45) is 4.11. The molecule has 0 aromatic carbocycles. The number of hydrogen-bond acceptors (Lipinski definition) is 4. The van der Waals surface area contributed by atoms with Gasteiger partial charge in [0, 0.05) is 51.4 Å². The van der Waals surface area contributed by atoms with Gasteiger partial charge in [-0.25, -0.2) is 13.8 Å². The topological polar surface area (TPSA) is 58.1 Å². The molecule has 0 atom stereocenters. The largest absolute Gasteiger partial charge is 0.349 e. The molecule has 0 radical (unpaired) electrons.